The number of nitrogens with one attached hydrogen (secondary N) is 1. The lowest BCUT2D eigenvalue weighted by Gasteiger charge is -2.24. The van der Waals surface area contributed by atoms with Crippen molar-refractivity contribution in [3.8, 4) is 0 Å². The number of carbonyl (C=O) groups excluding carboxylic acids is 1. The molecule has 0 spiro atoms. The number of nitrogens with zero attached hydrogens (tertiary/aromatic N) is 1. The van der Waals surface area contributed by atoms with Crippen molar-refractivity contribution in [1.29, 1.82) is 0 Å². The molecular formula is C19H23FN2O2. The van der Waals surface area contributed by atoms with Crippen molar-refractivity contribution in [1.82, 2.24) is 10.2 Å². The highest BCUT2D eigenvalue weighted by Gasteiger charge is 2.24. The third-order valence-electron chi connectivity index (χ3n) is 3.77. The molecule has 2 N–H and O–H groups in total. The summed E-state index contributed by atoms with van der Waals surface area (Å²) in [6.07, 6.45) is 0. The molecule has 0 aromatic heterocycles. The van der Waals surface area contributed by atoms with Crippen LogP contribution < -0.4 is 5.32 Å². The highest BCUT2D eigenvalue weighted by atomic mass is 19.1. The molecule has 4 nitrogen and oxygen atoms in total. The molecule has 2 rings (SSSR count). The van der Waals surface area contributed by atoms with Gasteiger partial charge in [-0.1, -0.05) is 24.3 Å². The van der Waals surface area contributed by atoms with Crippen LogP contribution in [-0.2, 0) is 12.1 Å². The van der Waals surface area contributed by atoms with Crippen molar-refractivity contribution in [2.24, 2.45) is 0 Å². The van der Waals surface area contributed by atoms with Crippen LogP contribution in [0.2, 0.25) is 0 Å². The van der Waals surface area contributed by atoms with Gasteiger partial charge < -0.3 is 15.3 Å². The van der Waals surface area contributed by atoms with Crippen LogP contribution in [-0.4, -0.2) is 36.6 Å². The van der Waals surface area contributed by atoms with E-state index in [0.717, 1.165) is 12.1 Å². The fraction of sp³-hybridized carbons (Fsp3) is 0.316. The Morgan fingerprint density at radius 1 is 1.12 bits per heavy atom. The summed E-state index contributed by atoms with van der Waals surface area (Å²) in [5, 5.41) is 13.2. The number of hydrogen-bond donors (Lipinski definition) is 2. The summed E-state index contributed by atoms with van der Waals surface area (Å²) in [7, 11) is 3.97. The molecule has 0 aliphatic heterocycles. The quantitative estimate of drug-likeness (QED) is 0.856. The van der Waals surface area contributed by atoms with Crippen molar-refractivity contribution in [2.45, 2.75) is 19.1 Å². The Balaban J connectivity index is 1.97. The van der Waals surface area contributed by atoms with E-state index >= 15 is 0 Å². The second-order valence-electron chi connectivity index (χ2n) is 6.40. The predicted molar refractivity (Wildman–Crippen MR) is 92.1 cm³/mol. The van der Waals surface area contributed by atoms with Crippen LogP contribution in [0.4, 0.5) is 4.39 Å². The van der Waals surface area contributed by atoms with Crippen LogP contribution in [0, 0.1) is 5.82 Å². The Bertz CT molecular complexity index is 680. The Morgan fingerprint density at radius 2 is 1.71 bits per heavy atom. The second kappa shape index (κ2) is 7.55. The van der Waals surface area contributed by atoms with E-state index in [0.29, 0.717) is 11.1 Å². The molecular weight excluding hydrogens is 307 g/mol. The van der Waals surface area contributed by atoms with Gasteiger partial charge in [-0.2, -0.15) is 0 Å². The van der Waals surface area contributed by atoms with Gasteiger partial charge in [0.1, 0.15) is 11.4 Å². The number of rotatable bonds is 6. The maximum absolute atomic E-state index is 13.0. The van der Waals surface area contributed by atoms with Crippen molar-refractivity contribution in [3.63, 3.8) is 0 Å². The van der Waals surface area contributed by atoms with E-state index in [4.69, 9.17) is 0 Å². The maximum Gasteiger partial charge on any atom is 0.251 e. The molecule has 1 unspecified atom stereocenters. The predicted octanol–water partition coefficient (Wildman–Crippen LogP) is 2.52. The van der Waals surface area contributed by atoms with E-state index < -0.39 is 5.60 Å². The standard InChI is InChI=1S/C19H23FN2O2/c1-19(24,16-8-10-17(20)11-9-16)13-21-18(23)15-6-4-14(5-7-15)12-22(2)3/h4-11,24H,12-13H2,1-3H3,(H,21,23). The molecule has 0 heterocycles. The third-order valence-corrected chi connectivity index (χ3v) is 3.77. The average molecular weight is 330 g/mol. The van der Waals surface area contributed by atoms with Crippen molar-refractivity contribution >= 4 is 5.91 Å². The lowest BCUT2D eigenvalue weighted by Crippen LogP contribution is -2.38. The Labute approximate surface area is 141 Å². The summed E-state index contributed by atoms with van der Waals surface area (Å²) in [6.45, 7) is 2.43. The molecule has 0 aliphatic carbocycles. The summed E-state index contributed by atoms with van der Waals surface area (Å²) in [5.41, 5.74) is 0.932. The van der Waals surface area contributed by atoms with Crippen molar-refractivity contribution in [3.05, 3.63) is 71.0 Å². The molecule has 1 atom stereocenters. The van der Waals surface area contributed by atoms with E-state index in [1.54, 1.807) is 19.1 Å². The zero-order chi connectivity index (χ0) is 17.7. The van der Waals surface area contributed by atoms with Gasteiger partial charge in [-0.3, -0.25) is 4.79 Å². The van der Waals surface area contributed by atoms with Crippen LogP contribution in [0.5, 0.6) is 0 Å². The molecule has 24 heavy (non-hydrogen) atoms. The second-order valence-corrected chi connectivity index (χ2v) is 6.40. The van der Waals surface area contributed by atoms with Gasteiger partial charge in [0.25, 0.3) is 5.91 Å². The first-order valence-electron chi connectivity index (χ1n) is 7.78. The monoisotopic (exact) mass is 330 g/mol. The fourth-order valence-electron chi connectivity index (χ4n) is 2.39. The van der Waals surface area contributed by atoms with Gasteiger partial charge in [-0.25, -0.2) is 4.39 Å². The van der Waals surface area contributed by atoms with E-state index in [1.165, 1.54) is 24.3 Å². The van der Waals surface area contributed by atoms with E-state index in [-0.39, 0.29) is 18.3 Å². The van der Waals surface area contributed by atoms with Gasteiger partial charge in [0, 0.05) is 12.1 Å². The molecule has 1 amide bonds. The number of benzene rings is 2. The Kier molecular flexibility index (Phi) is 5.70. The Hall–Kier alpha value is -2.24. The molecule has 0 bridgehead atoms. The summed E-state index contributed by atoms with van der Waals surface area (Å²) in [4.78, 5) is 14.3. The number of aliphatic hydroxyl groups is 1. The molecule has 2 aromatic rings. The number of hydrogen-bond acceptors (Lipinski definition) is 3. The van der Waals surface area contributed by atoms with Crippen LogP contribution >= 0.6 is 0 Å². The lowest BCUT2D eigenvalue weighted by molar-refractivity contribution is 0.0526. The van der Waals surface area contributed by atoms with Gasteiger partial charge in [0.05, 0.1) is 6.54 Å². The molecule has 128 valence electrons. The zero-order valence-electron chi connectivity index (χ0n) is 14.2. The Morgan fingerprint density at radius 3 is 2.25 bits per heavy atom. The van der Waals surface area contributed by atoms with Crippen LogP contribution in [0.25, 0.3) is 0 Å². The molecule has 0 saturated heterocycles. The minimum Gasteiger partial charge on any atom is -0.384 e. The minimum atomic E-state index is -1.27. The lowest BCUT2D eigenvalue weighted by atomic mass is 9.96. The number of carbonyl (C=O) groups is 1. The molecule has 0 aliphatic rings. The summed E-state index contributed by atoms with van der Waals surface area (Å²) < 4.78 is 13.0. The van der Waals surface area contributed by atoms with Crippen LogP contribution in [0.1, 0.15) is 28.4 Å². The van der Waals surface area contributed by atoms with E-state index in [9.17, 15) is 14.3 Å². The average Bonchev–Trinajstić information content (AvgIpc) is 2.53. The molecule has 0 radical (unpaired) electrons. The maximum atomic E-state index is 13.0. The smallest absolute Gasteiger partial charge is 0.251 e. The molecule has 0 fully saturated rings. The topological polar surface area (TPSA) is 52.6 Å². The normalized spacial score (nSPS) is 13.6. The van der Waals surface area contributed by atoms with Gasteiger partial charge in [0.2, 0.25) is 0 Å². The number of amides is 1. The first-order valence-corrected chi connectivity index (χ1v) is 7.78. The largest absolute Gasteiger partial charge is 0.384 e. The summed E-state index contributed by atoms with van der Waals surface area (Å²) >= 11 is 0. The van der Waals surface area contributed by atoms with Crippen LogP contribution in [0.15, 0.2) is 48.5 Å². The van der Waals surface area contributed by atoms with Gasteiger partial charge in [-0.05, 0) is 56.4 Å². The summed E-state index contributed by atoms with van der Waals surface area (Å²) in [5.74, 6) is -0.620. The third kappa shape index (κ3) is 4.88. The first kappa shape index (κ1) is 18.1. The SMILES string of the molecule is CN(C)Cc1ccc(C(=O)NCC(C)(O)c2ccc(F)cc2)cc1. The van der Waals surface area contributed by atoms with Crippen molar-refractivity contribution in [2.75, 3.05) is 20.6 Å². The van der Waals surface area contributed by atoms with Gasteiger partial charge in [0.15, 0.2) is 0 Å². The highest BCUT2D eigenvalue weighted by Crippen LogP contribution is 2.20. The molecule has 2 aromatic carbocycles. The van der Waals surface area contributed by atoms with Crippen LogP contribution in [0.3, 0.4) is 0 Å². The fourth-order valence-corrected chi connectivity index (χ4v) is 2.39. The van der Waals surface area contributed by atoms with Gasteiger partial charge >= 0.3 is 0 Å². The molecule has 0 saturated carbocycles. The highest BCUT2D eigenvalue weighted by molar-refractivity contribution is 5.94. The zero-order valence-corrected chi connectivity index (χ0v) is 14.2. The molecule has 5 heteroatoms. The number of halogens is 1. The first-order chi connectivity index (χ1) is 11.3. The van der Waals surface area contributed by atoms with E-state index in [1.807, 2.05) is 26.2 Å². The van der Waals surface area contributed by atoms with Gasteiger partial charge in [-0.15, -0.1) is 0 Å². The summed E-state index contributed by atoms with van der Waals surface area (Å²) in [6, 6.07) is 12.9. The van der Waals surface area contributed by atoms with Crippen molar-refractivity contribution < 1.29 is 14.3 Å². The van der Waals surface area contributed by atoms with E-state index in [2.05, 4.69) is 10.2 Å². The minimum absolute atomic E-state index is 0.0386.